The molecule has 0 aromatic heterocycles. The number of hydrogen-bond donors (Lipinski definition) is 0. The molecule has 0 spiro atoms. The molecule has 0 amide bonds. The van der Waals surface area contributed by atoms with Crippen molar-refractivity contribution in [2.45, 2.75) is 13.5 Å². The van der Waals surface area contributed by atoms with Crippen molar-refractivity contribution in [3.63, 3.8) is 0 Å². The van der Waals surface area contributed by atoms with Crippen LogP contribution in [0.25, 0.3) is 0 Å². The number of oxime groups is 1. The highest BCUT2D eigenvalue weighted by Crippen LogP contribution is 2.09. The molecular weight excluding hydrogens is 204 g/mol. The van der Waals surface area contributed by atoms with Gasteiger partial charge in [0.1, 0.15) is 0 Å². The SMILES string of the molecule is COCc1ccc(C2=NC(C)=NOC2)cc1. The minimum atomic E-state index is 0.432. The van der Waals surface area contributed by atoms with Crippen LogP contribution in [-0.4, -0.2) is 25.3 Å². The van der Waals surface area contributed by atoms with Gasteiger partial charge in [-0.05, 0) is 18.1 Å². The Morgan fingerprint density at radius 3 is 2.69 bits per heavy atom. The topological polar surface area (TPSA) is 43.2 Å². The van der Waals surface area contributed by atoms with Crippen LogP contribution in [0.15, 0.2) is 34.4 Å². The van der Waals surface area contributed by atoms with Crippen LogP contribution in [0.2, 0.25) is 0 Å². The molecule has 0 unspecified atom stereocenters. The molecule has 0 fully saturated rings. The lowest BCUT2D eigenvalue weighted by Crippen LogP contribution is -2.15. The highest BCUT2D eigenvalue weighted by Gasteiger charge is 2.09. The smallest absolute Gasteiger partial charge is 0.164 e. The van der Waals surface area contributed by atoms with Crippen LogP contribution >= 0.6 is 0 Å². The maximum absolute atomic E-state index is 5.06. The Bertz CT molecular complexity index is 421. The van der Waals surface area contributed by atoms with Gasteiger partial charge in [-0.15, -0.1) is 0 Å². The predicted octanol–water partition coefficient (Wildman–Crippen LogP) is 1.99. The molecule has 0 bridgehead atoms. The van der Waals surface area contributed by atoms with E-state index in [-0.39, 0.29) is 0 Å². The fourth-order valence-corrected chi connectivity index (χ4v) is 1.54. The Kier molecular flexibility index (Phi) is 3.31. The second-order valence-electron chi connectivity index (χ2n) is 3.60. The molecule has 2 rings (SSSR count). The Hall–Kier alpha value is -1.68. The van der Waals surface area contributed by atoms with Crippen LogP contribution in [0.1, 0.15) is 18.1 Å². The minimum Gasteiger partial charge on any atom is -0.388 e. The molecule has 1 aromatic carbocycles. The third-order valence-electron chi connectivity index (χ3n) is 2.29. The zero-order valence-corrected chi connectivity index (χ0v) is 9.43. The number of nitrogens with zero attached hydrogens (tertiary/aromatic N) is 2. The van der Waals surface area contributed by atoms with Gasteiger partial charge in [-0.1, -0.05) is 29.4 Å². The van der Waals surface area contributed by atoms with E-state index >= 15 is 0 Å². The van der Waals surface area contributed by atoms with E-state index in [0.29, 0.717) is 19.0 Å². The van der Waals surface area contributed by atoms with Crippen LogP contribution in [0, 0.1) is 0 Å². The van der Waals surface area contributed by atoms with Gasteiger partial charge in [-0.2, -0.15) is 0 Å². The quantitative estimate of drug-likeness (QED) is 0.778. The van der Waals surface area contributed by atoms with Gasteiger partial charge in [-0.3, -0.25) is 0 Å². The van der Waals surface area contributed by atoms with Crippen molar-refractivity contribution >= 4 is 11.5 Å². The summed E-state index contributed by atoms with van der Waals surface area (Å²) in [5.41, 5.74) is 3.12. The summed E-state index contributed by atoms with van der Waals surface area (Å²) >= 11 is 0. The zero-order chi connectivity index (χ0) is 11.4. The highest BCUT2D eigenvalue weighted by molar-refractivity contribution is 6.08. The molecule has 1 aliphatic rings. The molecule has 0 saturated heterocycles. The van der Waals surface area contributed by atoms with Gasteiger partial charge < -0.3 is 9.57 Å². The summed E-state index contributed by atoms with van der Waals surface area (Å²) < 4.78 is 5.06. The first-order valence-corrected chi connectivity index (χ1v) is 5.12. The van der Waals surface area contributed by atoms with Crippen LogP contribution in [0.3, 0.4) is 0 Å². The van der Waals surface area contributed by atoms with E-state index in [1.807, 2.05) is 31.2 Å². The van der Waals surface area contributed by atoms with Crippen molar-refractivity contribution < 1.29 is 9.57 Å². The van der Waals surface area contributed by atoms with E-state index in [9.17, 15) is 0 Å². The number of aliphatic imine (C=N–C) groups is 1. The molecule has 0 radical (unpaired) electrons. The molecule has 84 valence electrons. The number of rotatable bonds is 3. The fourth-order valence-electron chi connectivity index (χ4n) is 1.54. The van der Waals surface area contributed by atoms with Gasteiger partial charge in [0.2, 0.25) is 0 Å². The van der Waals surface area contributed by atoms with E-state index in [2.05, 4.69) is 10.1 Å². The summed E-state index contributed by atoms with van der Waals surface area (Å²) in [6, 6.07) is 8.11. The Balaban J connectivity index is 2.18. The van der Waals surface area contributed by atoms with Crippen LogP contribution < -0.4 is 0 Å². The molecule has 1 aliphatic heterocycles. The lowest BCUT2D eigenvalue weighted by molar-refractivity contribution is 0.180. The highest BCUT2D eigenvalue weighted by atomic mass is 16.6. The second kappa shape index (κ2) is 4.90. The first kappa shape index (κ1) is 10.8. The summed E-state index contributed by atoms with van der Waals surface area (Å²) in [4.78, 5) is 9.40. The molecule has 16 heavy (non-hydrogen) atoms. The van der Waals surface area contributed by atoms with Gasteiger partial charge in [0.15, 0.2) is 12.4 Å². The van der Waals surface area contributed by atoms with Crippen molar-refractivity contribution in [1.82, 2.24) is 0 Å². The maximum Gasteiger partial charge on any atom is 0.164 e. The lowest BCUT2D eigenvalue weighted by atomic mass is 10.1. The van der Waals surface area contributed by atoms with E-state index in [1.54, 1.807) is 7.11 Å². The molecule has 1 aromatic rings. The normalized spacial score (nSPS) is 15.1. The molecule has 4 heteroatoms. The number of methoxy groups -OCH3 is 1. The van der Waals surface area contributed by atoms with Crippen molar-refractivity contribution in [2.75, 3.05) is 13.7 Å². The van der Waals surface area contributed by atoms with E-state index < -0.39 is 0 Å². The summed E-state index contributed by atoms with van der Waals surface area (Å²) in [5.74, 6) is 0.655. The standard InChI is InChI=1S/C12H14N2O2/c1-9-13-12(8-16-14-9)11-5-3-10(4-6-11)7-15-2/h3-6H,7-8H2,1-2H3. The van der Waals surface area contributed by atoms with E-state index in [1.165, 1.54) is 0 Å². The molecule has 0 saturated carbocycles. The minimum absolute atomic E-state index is 0.432. The van der Waals surface area contributed by atoms with Gasteiger partial charge in [0, 0.05) is 7.11 Å². The van der Waals surface area contributed by atoms with Gasteiger partial charge in [0.25, 0.3) is 0 Å². The van der Waals surface area contributed by atoms with Gasteiger partial charge in [-0.25, -0.2) is 4.99 Å². The molecular formula is C12H14N2O2. The number of hydrogen-bond acceptors (Lipinski definition) is 4. The first-order valence-electron chi connectivity index (χ1n) is 5.12. The summed E-state index contributed by atoms with van der Waals surface area (Å²) in [7, 11) is 1.69. The van der Waals surface area contributed by atoms with Crippen molar-refractivity contribution in [1.29, 1.82) is 0 Å². The largest absolute Gasteiger partial charge is 0.388 e. The third kappa shape index (κ3) is 2.46. The molecule has 0 aliphatic carbocycles. The zero-order valence-electron chi connectivity index (χ0n) is 9.43. The van der Waals surface area contributed by atoms with E-state index in [0.717, 1.165) is 16.8 Å². The van der Waals surface area contributed by atoms with Gasteiger partial charge in [0.05, 0.1) is 12.3 Å². The Morgan fingerprint density at radius 2 is 2.06 bits per heavy atom. The average molecular weight is 218 g/mol. The first-order chi connectivity index (χ1) is 7.79. The monoisotopic (exact) mass is 218 g/mol. The molecule has 0 atom stereocenters. The van der Waals surface area contributed by atoms with Gasteiger partial charge >= 0.3 is 0 Å². The Labute approximate surface area is 94.6 Å². The van der Waals surface area contributed by atoms with E-state index in [4.69, 9.17) is 9.57 Å². The molecule has 1 heterocycles. The van der Waals surface area contributed by atoms with Crippen molar-refractivity contribution in [3.05, 3.63) is 35.4 Å². The fraction of sp³-hybridized carbons (Fsp3) is 0.333. The molecule has 4 nitrogen and oxygen atoms in total. The number of ether oxygens (including phenoxy) is 1. The summed E-state index contributed by atoms with van der Waals surface area (Å²) in [6.45, 7) is 2.88. The Morgan fingerprint density at radius 1 is 1.31 bits per heavy atom. The van der Waals surface area contributed by atoms with Crippen LogP contribution in [0.5, 0.6) is 0 Å². The van der Waals surface area contributed by atoms with Crippen molar-refractivity contribution in [2.24, 2.45) is 10.1 Å². The summed E-state index contributed by atoms with van der Waals surface area (Å²) in [5, 5.41) is 3.76. The van der Waals surface area contributed by atoms with Crippen molar-refractivity contribution in [3.8, 4) is 0 Å². The average Bonchev–Trinajstić information content (AvgIpc) is 2.30. The number of amidine groups is 1. The maximum atomic E-state index is 5.06. The lowest BCUT2D eigenvalue weighted by Gasteiger charge is -2.10. The second-order valence-corrected chi connectivity index (χ2v) is 3.60. The van der Waals surface area contributed by atoms with Crippen LogP contribution in [0.4, 0.5) is 0 Å². The number of benzene rings is 1. The van der Waals surface area contributed by atoms with Crippen LogP contribution in [-0.2, 0) is 16.2 Å². The molecule has 0 N–H and O–H groups in total. The summed E-state index contributed by atoms with van der Waals surface area (Å²) in [6.07, 6.45) is 0. The predicted molar refractivity (Wildman–Crippen MR) is 62.8 cm³/mol. The third-order valence-corrected chi connectivity index (χ3v) is 2.29.